The van der Waals surface area contributed by atoms with Crippen LogP contribution in [0, 0.1) is 0 Å². The van der Waals surface area contributed by atoms with Crippen LogP contribution in [0.3, 0.4) is 0 Å². The summed E-state index contributed by atoms with van der Waals surface area (Å²) < 4.78 is 5.96. The number of H-pyrrole nitrogens is 1. The molecule has 0 aromatic carbocycles. The van der Waals surface area contributed by atoms with Crippen LogP contribution in [-0.2, 0) is 4.74 Å². The number of hydrogen-bond donors (Lipinski definition) is 4. The highest BCUT2D eigenvalue weighted by molar-refractivity contribution is 4.93. The first kappa shape index (κ1) is 13.0. The van der Waals surface area contributed by atoms with Crippen molar-refractivity contribution in [3.8, 4) is 0 Å². The smallest absolute Gasteiger partial charge is 0.330 e. The molecule has 1 aromatic heterocycles. The van der Waals surface area contributed by atoms with E-state index in [2.05, 4.69) is 4.98 Å². The number of ether oxygens (including phenoxy) is 1. The highest BCUT2D eigenvalue weighted by Gasteiger charge is 2.44. The number of rotatable bonds is 3. The molecule has 0 bridgehead atoms. The Morgan fingerprint density at radius 1 is 1.33 bits per heavy atom. The summed E-state index contributed by atoms with van der Waals surface area (Å²) >= 11 is 0. The molecule has 1 aliphatic rings. The normalized spacial score (nSPS) is 31.7. The number of aromatic amines is 1. The van der Waals surface area contributed by atoms with Gasteiger partial charge >= 0.3 is 5.69 Å². The number of nitrogens with zero attached hydrogens (tertiary/aromatic N) is 1. The number of aliphatic hydroxyl groups excluding tert-OH is 3. The highest BCUT2D eigenvalue weighted by atomic mass is 16.6. The van der Waals surface area contributed by atoms with E-state index < -0.39 is 35.8 Å². The molecule has 100 valence electrons. The van der Waals surface area contributed by atoms with Gasteiger partial charge in [-0.3, -0.25) is 4.79 Å². The van der Waals surface area contributed by atoms with Crippen LogP contribution in [0.15, 0.2) is 21.9 Å². The summed E-state index contributed by atoms with van der Waals surface area (Å²) in [6, 6.07) is 1.11. The second-order valence-electron chi connectivity index (χ2n) is 4.05. The Kier molecular flexibility index (Phi) is 3.62. The van der Waals surface area contributed by atoms with Crippen molar-refractivity contribution in [2.75, 3.05) is 6.61 Å². The quantitative estimate of drug-likeness (QED) is 0.476. The van der Waals surface area contributed by atoms with E-state index in [9.17, 15) is 19.8 Å². The van der Waals surface area contributed by atoms with Gasteiger partial charge in [0.1, 0.15) is 12.2 Å². The second-order valence-corrected chi connectivity index (χ2v) is 4.05. The van der Waals surface area contributed by atoms with E-state index in [1.165, 1.54) is 6.20 Å². The lowest BCUT2D eigenvalue weighted by atomic mass is 10.1. The molecule has 2 rings (SSSR count). The van der Waals surface area contributed by atoms with Gasteiger partial charge < -0.3 is 25.0 Å². The lowest BCUT2D eigenvalue weighted by Crippen LogP contribution is -2.42. The fourth-order valence-electron chi connectivity index (χ4n) is 1.98. The van der Waals surface area contributed by atoms with Gasteiger partial charge in [-0.2, -0.15) is 0 Å². The van der Waals surface area contributed by atoms with Crippen molar-refractivity contribution in [1.29, 1.82) is 0 Å². The van der Waals surface area contributed by atoms with Gasteiger partial charge in [0.05, 0.1) is 6.10 Å². The number of aliphatic hydroxyl groups is 3. The van der Waals surface area contributed by atoms with Crippen molar-refractivity contribution in [2.24, 2.45) is 0 Å². The van der Waals surface area contributed by atoms with Crippen molar-refractivity contribution >= 4 is 0 Å². The zero-order chi connectivity index (χ0) is 13.3. The molecule has 1 aliphatic heterocycles. The Hall–Kier alpha value is -1.48. The first-order valence-corrected chi connectivity index (χ1v) is 5.49. The number of hydrogen-bond acceptors (Lipinski definition) is 6. The Morgan fingerprint density at radius 2 is 2.06 bits per heavy atom. The van der Waals surface area contributed by atoms with Gasteiger partial charge in [-0.25, -0.2) is 9.36 Å². The molecule has 4 unspecified atom stereocenters. The third-order valence-corrected chi connectivity index (χ3v) is 2.89. The van der Waals surface area contributed by atoms with Crippen molar-refractivity contribution < 1.29 is 20.1 Å². The van der Waals surface area contributed by atoms with Gasteiger partial charge in [-0.1, -0.05) is 0 Å². The summed E-state index contributed by atoms with van der Waals surface area (Å²) in [6.45, 7) is -0.235. The third-order valence-electron chi connectivity index (χ3n) is 2.89. The van der Waals surface area contributed by atoms with E-state index >= 15 is 0 Å². The van der Waals surface area contributed by atoms with Crippen LogP contribution in [-0.4, -0.2) is 49.8 Å². The topological polar surface area (TPSA) is 125 Å². The summed E-state index contributed by atoms with van der Waals surface area (Å²) in [5.74, 6) is 0. The lowest BCUT2D eigenvalue weighted by Gasteiger charge is -2.15. The fraction of sp³-hybridized carbons (Fsp3) is 0.600. The Bertz CT molecular complexity index is 495. The minimum atomic E-state index is -1.40. The van der Waals surface area contributed by atoms with E-state index in [1.54, 1.807) is 0 Å². The highest BCUT2D eigenvalue weighted by Crippen LogP contribution is 2.28. The molecule has 8 heteroatoms. The number of aromatic nitrogens is 2. The number of nitrogens with one attached hydrogen (secondary N) is 1. The van der Waals surface area contributed by atoms with Gasteiger partial charge in [-0.15, -0.1) is 0 Å². The van der Waals surface area contributed by atoms with Crippen LogP contribution < -0.4 is 11.2 Å². The van der Waals surface area contributed by atoms with Crippen LogP contribution in [0.1, 0.15) is 12.6 Å². The van der Waals surface area contributed by atoms with Gasteiger partial charge in [0.15, 0.2) is 6.23 Å². The zero-order valence-electron chi connectivity index (χ0n) is 9.39. The van der Waals surface area contributed by atoms with Crippen LogP contribution >= 0.6 is 0 Å². The largest absolute Gasteiger partial charge is 0.396 e. The van der Waals surface area contributed by atoms with Gasteiger partial charge in [-0.05, 0) is 6.42 Å². The SMILES string of the molecule is O=c1cc[nH]c(=O)n1C1OC(CCO)C(O)C1O. The van der Waals surface area contributed by atoms with E-state index in [1.807, 2.05) is 0 Å². The molecular weight excluding hydrogens is 244 g/mol. The van der Waals surface area contributed by atoms with E-state index in [4.69, 9.17) is 9.84 Å². The molecular formula is C10H14N2O6. The lowest BCUT2D eigenvalue weighted by molar-refractivity contribution is -0.0468. The molecule has 0 saturated carbocycles. The van der Waals surface area contributed by atoms with E-state index in [0.29, 0.717) is 4.57 Å². The van der Waals surface area contributed by atoms with Crippen LogP contribution in [0.4, 0.5) is 0 Å². The van der Waals surface area contributed by atoms with Gasteiger partial charge in [0.2, 0.25) is 0 Å². The Labute approximate surface area is 101 Å². The molecule has 4 N–H and O–H groups in total. The molecule has 0 spiro atoms. The Balaban J connectivity index is 2.35. The monoisotopic (exact) mass is 258 g/mol. The average Bonchev–Trinajstić information content (AvgIpc) is 2.59. The van der Waals surface area contributed by atoms with Crippen LogP contribution in [0.2, 0.25) is 0 Å². The molecule has 1 saturated heterocycles. The van der Waals surface area contributed by atoms with Gasteiger partial charge in [0, 0.05) is 18.9 Å². The molecule has 2 heterocycles. The molecule has 1 aromatic rings. The predicted octanol–water partition coefficient (Wildman–Crippen LogP) is -2.46. The summed E-state index contributed by atoms with van der Waals surface area (Å²) in [7, 11) is 0. The maximum atomic E-state index is 11.6. The van der Waals surface area contributed by atoms with Crippen molar-refractivity contribution in [3.05, 3.63) is 33.1 Å². The maximum Gasteiger partial charge on any atom is 0.330 e. The fourth-order valence-corrected chi connectivity index (χ4v) is 1.98. The molecule has 18 heavy (non-hydrogen) atoms. The standard InChI is InChI=1S/C10H14N2O6/c13-4-2-5-7(15)8(16)9(18-5)12-6(14)1-3-11-10(12)17/h1,3,5,7-9,13,15-16H,2,4H2,(H,11,17). The van der Waals surface area contributed by atoms with Gasteiger partial charge in [0.25, 0.3) is 5.56 Å². The van der Waals surface area contributed by atoms with E-state index in [0.717, 1.165) is 6.07 Å². The first-order chi connectivity index (χ1) is 8.56. The predicted molar refractivity (Wildman–Crippen MR) is 58.9 cm³/mol. The average molecular weight is 258 g/mol. The Morgan fingerprint density at radius 3 is 2.67 bits per heavy atom. The zero-order valence-corrected chi connectivity index (χ0v) is 9.39. The van der Waals surface area contributed by atoms with Crippen molar-refractivity contribution in [2.45, 2.75) is 31.0 Å². The van der Waals surface area contributed by atoms with Crippen molar-refractivity contribution in [3.63, 3.8) is 0 Å². The molecule has 8 nitrogen and oxygen atoms in total. The second kappa shape index (κ2) is 5.02. The minimum Gasteiger partial charge on any atom is -0.396 e. The molecule has 0 radical (unpaired) electrons. The van der Waals surface area contributed by atoms with Crippen molar-refractivity contribution in [1.82, 2.24) is 9.55 Å². The van der Waals surface area contributed by atoms with E-state index in [-0.39, 0.29) is 13.0 Å². The molecule has 0 amide bonds. The van der Waals surface area contributed by atoms with Crippen LogP contribution in [0.5, 0.6) is 0 Å². The molecule has 0 aliphatic carbocycles. The summed E-state index contributed by atoms with van der Waals surface area (Å²) in [4.78, 5) is 25.4. The first-order valence-electron chi connectivity index (χ1n) is 5.49. The minimum absolute atomic E-state index is 0.105. The summed E-state index contributed by atoms with van der Waals surface area (Å²) in [5.41, 5.74) is -1.37. The summed E-state index contributed by atoms with van der Waals surface area (Å²) in [5, 5.41) is 28.3. The molecule has 1 fully saturated rings. The summed E-state index contributed by atoms with van der Waals surface area (Å²) in [6.07, 6.45) is -3.44. The molecule has 4 atom stereocenters. The maximum absolute atomic E-state index is 11.6. The van der Waals surface area contributed by atoms with Crippen LogP contribution in [0.25, 0.3) is 0 Å². The third kappa shape index (κ3) is 2.10.